The fourth-order valence-corrected chi connectivity index (χ4v) is 0.995. The van der Waals surface area contributed by atoms with Crippen LogP contribution in [0.2, 0.25) is 0 Å². The molecule has 0 radical (unpaired) electrons. The molecule has 3 N–H and O–H groups in total. The summed E-state index contributed by atoms with van der Waals surface area (Å²) in [5.74, 6) is -0.152. The zero-order valence-corrected chi connectivity index (χ0v) is 5.95. The molecule has 0 aromatic heterocycles. The number of nitrogens with zero attached hydrogens (tertiary/aromatic N) is 1. The maximum absolute atomic E-state index is 10.7. The number of hydrogen-bond donors (Lipinski definition) is 1. The van der Waals surface area contributed by atoms with Crippen molar-refractivity contribution in [2.45, 2.75) is 0 Å². The summed E-state index contributed by atoms with van der Waals surface area (Å²) in [4.78, 5) is 14.4. The summed E-state index contributed by atoms with van der Waals surface area (Å²) < 4.78 is 0. The first-order chi connectivity index (χ1) is 4.86. The number of fused-ring (bicyclic) bond motifs is 1. The molecule has 1 amide bonds. The molecule has 0 saturated carbocycles. The van der Waals surface area contributed by atoms with Gasteiger partial charge in [-0.05, 0) is 6.07 Å². The van der Waals surface area contributed by atoms with Crippen LogP contribution in [0.5, 0.6) is 0 Å². The highest BCUT2D eigenvalue weighted by Crippen LogP contribution is 1.81. The summed E-state index contributed by atoms with van der Waals surface area (Å²) in [6.45, 7) is 0. The van der Waals surface area contributed by atoms with E-state index in [-0.39, 0.29) is 12.1 Å². The number of para-hydroxylation sites is 1. The Morgan fingerprint density at radius 2 is 1.91 bits per heavy atom. The average Bonchev–Trinajstić information content (AvgIpc) is 2.27. The largest absolute Gasteiger partial charge is 0.344 e. The Kier molecular flexibility index (Phi) is 1.83. The van der Waals surface area contributed by atoms with Crippen LogP contribution in [-0.4, -0.2) is 5.91 Å². The second-order valence-electron chi connectivity index (χ2n) is 2.15. The van der Waals surface area contributed by atoms with Gasteiger partial charge in [0.25, 0.3) is 5.91 Å². The number of benzene rings is 1. The molecule has 0 aliphatic carbocycles. The topological polar surface area (TPSA) is 64.4 Å². The fraction of sp³-hybridized carbons (Fsp3) is 0. The Morgan fingerprint density at radius 3 is 2.64 bits per heavy atom. The number of amides is 1. The highest BCUT2D eigenvalue weighted by atomic mass is 16.1. The Labute approximate surface area is 63.7 Å². The molecule has 1 aromatic carbocycles. The molecule has 0 unspecified atom stereocenters. The highest BCUT2D eigenvalue weighted by molar-refractivity contribution is 6.06. The van der Waals surface area contributed by atoms with Crippen LogP contribution in [0.25, 0.3) is 6.08 Å². The molecule has 1 heterocycles. The summed E-state index contributed by atoms with van der Waals surface area (Å²) in [6.07, 6.45) is 1.54. The molecule has 56 valence electrons. The quantitative estimate of drug-likeness (QED) is 0.553. The van der Waals surface area contributed by atoms with Crippen molar-refractivity contribution in [3.63, 3.8) is 0 Å². The van der Waals surface area contributed by atoms with E-state index < -0.39 is 0 Å². The van der Waals surface area contributed by atoms with E-state index >= 15 is 0 Å². The summed E-state index contributed by atoms with van der Waals surface area (Å²) in [5.41, 5.74) is 0. The minimum atomic E-state index is -0.152. The number of carbonyl (C=O) groups is 1. The molecule has 0 atom stereocenters. The van der Waals surface area contributed by atoms with E-state index in [0.717, 1.165) is 10.6 Å². The second-order valence-corrected chi connectivity index (χ2v) is 2.15. The van der Waals surface area contributed by atoms with Crippen molar-refractivity contribution in [3.8, 4) is 0 Å². The van der Waals surface area contributed by atoms with Gasteiger partial charge in [0.2, 0.25) is 0 Å². The molecule has 0 spiro atoms. The normalized spacial score (nSPS) is 12.5. The van der Waals surface area contributed by atoms with Crippen LogP contribution in [0.15, 0.2) is 29.3 Å². The smallest absolute Gasteiger partial charge is 0.270 e. The first-order valence-corrected chi connectivity index (χ1v) is 3.06. The van der Waals surface area contributed by atoms with E-state index in [1.807, 2.05) is 24.3 Å². The Hall–Kier alpha value is -1.48. The third-order valence-electron chi connectivity index (χ3n) is 1.45. The van der Waals surface area contributed by atoms with Gasteiger partial charge in [-0.3, -0.25) is 4.79 Å². The van der Waals surface area contributed by atoms with Gasteiger partial charge in [0, 0.05) is 11.3 Å². The van der Waals surface area contributed by atoms with Gasteiger partial charge in [-0.15, -0.1) is 0 Å². The molecule has 0 saturated heterocycles. The minimum absolute atomic E-state index is 0. The molecular formula is C8H8N2O. The minimum Gasteiger partial charge on any atom is -0.344 e. The van der Waals surface area contributed by atoms with Crippen LogP contribution in [0.3, 0.4) is 0 Å². The number of carbonyl (C=O) groups excluding carboxylic acids is 1. The van der Waals surface area contributed by atoms with E-state index in [4.69, 9.17) is 0 Å². The third kappa shape index (κ3) is 1.18. The second kappa shape index (κ2) is 2.64. The van der Waals surface area contributed by atoms with Gasteiger partial charge in [-0.1, -0.05) is 18.2 Å². The van der Waals surface area contributed by atoms with Gasteiger partial charge in [0.05, 0.1) is 5.36 Å². The van der Waals surface area contributed by atoms with Crippen LogP contribution < -0.4 is 16.7 Å². The van der Waals surface area contributed by atoms with Gasteiger partial charge in [-0.2, -0.15) is 0 Å². The molecule has 1 aliphatic heterocycles. The van der Waals surface area contributed by atoms with E-state index in [9.17, 15) is 4.79 Å². The lowest BCUT2D eigenvalue weighted by Gasteiger charge is -1.77. The van der Waals surface area contributed by atoms with Crippen molar-refractivity contribution in [2.24, 2.45) is 4.99 Å². The first kappa shape index (κ1) is 7.63. The van der Waals surface area contributed by atoms with Crippen LogP contribution in [0.4, 0.5) is 0 Å². The van der Waals surface area contributed by atoms with Gasteiger partial charge in [0.15, 0.2) is 0 Å². The van der Waals surface area contributed by atoms with Crippen molar-refractivity contribution >= 4 is 12.0 Å². The van der Waals surface area contributed by atoms with Crippen molar-refractivity contribution < 1.29 is 4.79 Å². The molecule has 11 heavy (non-hydrogen) atoms. The molecule has 3 heteroatoms. The van der Waals surface area contributed by atoms with Crippen molar-refractivity contribution in [1.82, 2.24) is 6.15 Å². The summed E-state index contributed by atoms with van der Waals surface area (Å²) in [7, 11) is 0. The van der Waals surface area contributed by atoms with Crippen molar-refractivity contribution in [3.05, 3.63) is 34.8 Å². The molecule has 2 rings (SSSR count). The molecule has 0 fully saturated rings. The first-order valence-electron chi connectivity index (χ1n) is 3.06. The van der Waals surface area contributed by atoms with E-state index in [1.165, 1.54) is 6.08 Å². The predicted molar refractivity (Wildman–Crippen MR) is 41.7 cm³/mol. The molecule has 0 bridgehead atoms. The fourth-order valence-electron chi connectivity index (χ4n) is 0.995. The Morgan fingerprint density at radius 1 is 1.18 bits per heavy atom. The van der Waals surface area contributed by atoms with E-state index in [1.54, 1.807) is 0 Å². The lowest BCUT2D eigenvalue weighted by Crippen LogP contribution is -2.19. The Bertz CT molecular complexity index is 358. The van der Waals surface area contributed by atoms with Crippen molar-refractivity contribution in [2.75, 3.05) is 0 Å². The monoisotopic (exact) mass is 148 g/mol. The molecule has 1 aliphatic rings. The summed E-state index contributed by atoms with van der Waals surface area (Å²) in [6, 6.07) is 7.47. The van der Waals surface area contributed by atoms with E-state index in [2.05, 4.69) is 4.99 Å². The lowest BCUT2D eigenvalue weighted by atomic mass is 10.3. The van der Waals surface area contributed by atoms with Crippen molar-refractivity contribution in [1.29, 1.82) is 0 Å². The Balaban J connectivity index is 0.000000605. The van der Waals surface area contributed by atoms with Crippen LogP contribution in [0.1, 0.15) is 0 Å². The van der Waals surface area contributed by atoms with Gasteiger partial charge >= 0.3 is 0 Å². The molecule has 3 nitrogen and oxygen atoms in total. The zero-order valence-electron chi connectivity index (χ0n) is 5.95. The maximum Gasteiger partial charge on any atom is 0.270 e. The van der Waals surface area contributed by atoms with Crippen LogP contribution in [-0.2, 0) is 4.79 Å². The summed E-state index contributed by atoms with van der Waals surface area (Å²) >= 11 is 0. The van der Waals surface area contributed by atoms with Crippen LogP contribution >= 0.6 is 0 Å². The number of hydrogen-bond acceptors (Lipinski definition) is 2. The lowest BCUT2D eigenvalue weighted by molar-refractivity contribution is -0.112. The van der Waals surface area contributed by atoms with E-state index in [0.29, 0.717) is 0 Å². The van der Waals surface area contributed by atoms with Crippen LogP contribution in [0, 0.1) is 0 Å². The predicted octanol–water partition coefficient (Wildman–Crippen LogP) is -0.211. The SMILES string of the molecule is N.O=C1C=c2ccccc2=N1. The van der Waals surface area contributed by atoms with Gasteiger partial charge in [-0.25, -0.2) is 4.99 Å². The molecule has 1 aromatic rings. The highest BCUT2D eigenvalue weighted by Gasteiger charge is 1.99. The zero-order chi connectivity index (χ0) is 6.97. The molecular weight excluding hydrogens is 140 g/mol. The van der Waals surface area contributed by atoms with Gasteiger partial charge < -0.3 is 6.15 Å². The number of rotatable bonds is 0. The van der Waals surface area contributed by atoms with Gasteiger partial charge in [0.1, 0.15) is 0 Å². The summed E-state index contributed by atoms with van der Waals surface area (Å²) in [5, 5.41) is 1.71. The standard InChI is InChI=1S/C8H5NO.H3N/c10-8-5-6-3-1-2-4-7(6)9-8;/h1-5H;1H3. The third-order valence-corrected chi connectivity index (χ3v) is 1.45. The maximum atomic E-state index is 10.7. The average molecular weight is 148 g/mol.